The zero-order valence-electron chi connectivity index (χ0n) is 38.8. The number of thioether (sulfide) groups is 1. The molecule has 2 aromatic heterocycles. The van der Waals surface area contributed by atoms with E-state index in [-0.39, 0.29) is 36.1 Å². The van der Waals surface area contributed by atoms with Gasteiger partial charge in [-0.15, -0.1) is 11.8 Å². The van der Waals surface area contributed by atoms with Crippen molar-refractivity contribution in [2.75, 3.05) is 69.6 Å². The number of aromatic nitrogens is 2. The molecule has 16 nitrogen and oxygen atoms in total. The minimum atomic E-state index is -0.989. The molecule has 0 radical (unpaired) electrons. The van der Waals surface area contributed by atoms with Gasteiger partial charge in [0.25, 0.3) is 17.7 Å². The minimum absolute atomic E-state index is 0.0468. The number of rotatable bonds is 18. The van der Waals surface area contributed by atoms with Crippen molar-refractivity contribution in [2.24, 2.45) is 5.92 Å². The Morgan fingerprint density at radius 2 is 1.59 bits per heavy atom. The molecule has 1 unspecified atom stereocenters. The summed E-state index contributed by atoms with van der Waals surface area (Å²) in [6.07, 6.45) is 18.8. The lowest BCUT2D eigenvalue weighted by atomic mass is 9.91. The maximum atomic E-state index is 13.4. The second kappa shape index (κ2) is 23.4. The van der Waals surface area contributed by atoms with Gasteiger partial charge in [-0.2, -0.15) is 0 Å². The van der Waals surface area contributed by atoms with Crippen molar-refractivity contribution < 1.29 is 33.6 Å². The van der Waals surface area contributed by atoms with Crippen LogP contribution in [-0.4, -0.2) is 148 Å². The molecule has 1 aromatic carbocycles. The summed E-state index contributed by atoms with van der Waals surface area (Å²) in [5, 5.41) is 5.19. The molecular weight excluding hydrogens is 883 g/mol. The van der Waals surface area contributed by atoms with Crippen molar-refractivity contribution in [1.82, 2.24) is 40.2 Å². The monoisotopic (exact) mass is 945 g/mol. The van der Waals surface area contributed by atoms with Gasteiger partial charge in [0.15, 0.2) is 0 Å². The predicted octanol–water partition coefficient (Wildman–Crippen LogP) is 5.20. The first-order valence-electron chi connectivity index (χ1n) is 24.5. The summed E-state index contributed by atoms with van der Waals surface area (Å²) in [4.78, 5) is 109. The summed E-state index contributed by atoms with van der Waals surface area (Å²) in [5.41, 5.74) is 2.14. The zero-order valence-corrected chi connectivity index (χ0v) is 39.6. The molecule has 4 saturated heterocycles. The molecule has 68 heavy (non-hydrogen) atoms. The van der Waals surface area contributed by atoms with Crippen molar-refractivity contribution in [3.05, 3.63) is 89.4 Å². The Balaban J connectivity index is 0.667. The first-order valence-corrected chi connectivity index (χ1v) is 25.5. The maximum Gasteiger partial charge on any atom is 0.263 e. The standard InChI is InChI=1S/C51H63N9O7S/c61-44(17-13-37-9-7-23-52-34-37)53-24-4-3-8-36-19-25-59(26-20-36)49(65)38-14-16-43(54-35-38)57-27-21-39(22-28-57)56-29-31-58(32-30-56)46(63)12-2-1-5-33-68-42-11-6-10-40-47(42)51(67)60(50(40)66)41-15-18-45(62)55-48(41)64/h6-7,9-11,13-14,16-17,23,34-36,39,41H,1-5,8,12,15,18-22,24-33H2,(H,53,61)(H,55,62,64)/b17-13+. The topological polar surface area (TPSA) is 186 Å². The Kier molecular flexibility index (Phi) is 16.7. The number of benzene rings is 1. The molecule has 0 spiro atoms. The zero-order chi connectivity index (χ0) is 47.4. The van der Waals surface area contributed by atoms with Crippen LogP contribution >= 0.6 is 11.8 Å². The number of carbonyl (C=O) groups is 7. The highest BCUT2D eigenvalue weighted by molar-refractivity contribution is 7.99. The number of piperidine rings is 3. The van der Waals surface area contributed by atoms with Crippen LogP contribution in [0.25, 0.3) is 6.08 Å². The molecular formula is C51H63N9O7S. The molecule has 0 aliphatic carbocycles. The molecule has 8 rings (SSSR count). The number of imide groups is 2. The van der Waals surface area contributed by atoms with E-state index in [1.54, 1.807) is 42.9 Å². The molecule has 360 valence electrons. The van der Waals surface area contributed by atoms with Gasteiger partial charge in [0, 0.05) is 107 Å². The third-order valence-corrected chi connectivity index (χ3v) is 15.2. The lowest BCUT2D eigenvalue weighted by Gasteiger charge is -2.43. The van der Waals surface area contributed by atoms with Crippen LogP contribution in [0.4, 0.5) is 5.82 Å². The highest BCUT2D eigenvalue weighted by Crippen LogP contribution is 2.35. The molecule has 0 bridgehead atoms. The molecule has 17 heteroatoms. The highest BCUT2D eigenvalue weighted by atomic mass is 32.2. The van der Waals surface area contributed by atoms with E-state index < -0.39 is 29.7 Å². The quantitative estimate of drug-likeness (QED) is 0.0737. The number of hydrogen-bond donors (Lipinski definition) is 2. The third-order valence-electron chi connectivity index (χ3n) is 14.0. The van der Waals surface area contributed by atoms with Crippen molar-refractivity contribution >= 4 is 65.0 Å². The van der Waals surface area contributed by atoms with Crippen LogP contribution in [0.1, 0.15) is 120 Å². The number of likely N-dealkylation sites (tertiary alicyclic amines) is 1. The summed E-state index contributed by atoms with van der Waals surface area (Å²) in [7, 11) is 0. The van der Waals surface area contributed by atoms with E-state index in [0.717, 1.165) is 139 Å². The summed E-state index contributed by atoms with van der Waals surface area (Å²) in [6.45, 7) is 7.16. The van der Waals surface area contributed by atoms with E-state index in [1.807, 2.05) is 40.1 Å². The predicted molar refractivity (Wildman–Crippen MR) is 259 cm³/mol. The summed E-state index contributed by atoms with van der Waals surface area (Å²) < 4.78 is 0. The van der Waals surface area contributed by atoms with Gasteiger partial charge in [-0.25, -0.2) is 4.98 Å². The summed E-state index contributed by atoms with van der Waals surface area (Å²) in [6, 6.07) is 12.3. The largest absolute Gasteiger partial charge is 0.357 e. The fraction of sp³-hybridized carbons (Fsp3) is 0.510. The molecule has 7 heterocycles. The Morgan fingerprint density at radius 3 is 2.32 bits per heavy atom. The van der Waals surface area contributed by atoms with Gasteiger partial charge in [0.2, 0.25) is 23.6 Å². The molecule has 7 amide bonds. The van der Waals surface area contributed by atoms with Gasteiger partial charge in [-0.05, 0) is 105 Å². The van der Waals surface area contributed by atoms with E-state index in [1.165, 1.54) is 11.8 Å². The van der Waals surface area contributed by atoms with Crippen molar-refractivity contribution in [2.45, 2.75) is 100 Å². The van der Waals surface area contributed by atoms with Gasteiger partial charge in [-0.3, -0.25) is 53.7 Å². The molecule has 5 aliphatic heterocycles. The Hall–Kier alpha value is -5.94. The number of piperazine rings is 1. The first-order chi connectivity index (χ1) is 33.1. The lowest BCUT2D eigenvalue weighted by molar-refractivity contribution is -0.136. The van der Waals surface area contributed by atoms with Crippen LogP contribution in [0.2, 0.25) is 0 Å². The van der Waals surface area contributed by atoms with E-state index in [0.29, 0.717) is 40.9 Å². The second-order valence-corrected chi connectivity index (χ2v) is 19.6. The number of amides is 7. The Morgan fingerprint density at radius 1 is 0.779 bits per heavy atom. The third kappa shape index (κ3) is 12.2. The fourth-order valence-electron chi connectivity index (χ4n) is 10.1. The average Bonchev–Trinajstić information content (AvgIpc) is 3.63. The number of anilines is 1. The molecule has 5 aliphatic rings. The van der Waals surface area contributed by atoms with Crippen LogP contribution in [-0.2, 0) is 19.2 Å². The van der Waals surface area contributed by atoms with Gasteiger partial charge in [0.1, 0.15) is 11.9 Å². The van der Waals surface area contributed by atoms with Crippen molar-refractivity contribution in [3.63, 3.8) is 0 Å². The number of unbranched alkanes of at least 4 members (excludes halogenated alkanes) is 3. The highest BCUT2D eigenvalue weighted by Gasteiger charge is 2.45. The lowest BCUT2D eigenvalue weighted by Crippen LogP contribution is -2.54. The van der Waals surface area contributed by atoms with Crippen molar-refractivity contribution in [3.8, 4) is 0 Å². The van der Waals surface area contributed by atoms with Gasteiger partial charge in [0.05, 0.1) is 16.7 Å². The van der Waals surface area contributed by atoms with Crippen LogP contribution in [0.3, 0.4) is 0 Å². The minimum Gasteiger partial charge on any atom is -0.357 e. The smallest absolute Gasteiger partial charge is 0.263 e. The Labute approximate surface area is 402 Å². The van der Waals surface area contributed by atoms with Crippen LogP contribution in [0.15, 0.2) is 72.0 Å². The fourth-order valence-corrected chi connectivity index (χ4v) is 11.2. The number of pyridine rings is 2. The van der Waals surface area contributed by atoms with E-state index in [4.69, 9.17) is 4.98 Å². The second-order valence-electron chi connectivity index (χ2n) is 18.5. The number of carbonyl (C=O) groups excluding carboxylic acids is 7. The first kappa shape index (κ1) is 48.5. The normalized spacial score (nSPS) is 19.7. The SMILES string of the molecule is O=C(/C=C/c1cccnc1)NCCCCC1CCN(C(=O)c2ccc(N3CCC(N4CCN(C(=O)CCCCCSc5cccc6c5C(=O)N(C5CCC(=O)NC5=O)C6=O)CC4)CC3)nc2)CC1. The summed E-state index contributed by atoms with van der Waals surface area (Å²) in [5.74, 6) is 0.353. The van der Waals surface area contributed by atoms with E-state index >= 15 is 0 Å². The van der Waals surface area contributed by atoms with Gasteiger partial charge >= 0.3 is 0 Å². The van der Waals surface area contributed by atoms with Crippen LogP contribution < -0.4 is 15.5 Å². The number of nitrogens with one attached hydrogen (secondary N) is 2. The molecule has 0 saturated carbocycles. The van der Waals surface area contributed by atoms with Crippen molar-refractivity contribution in [1.29, 1.82) is 0 Å². The number of fused-ring (bicyclic) bond motifs is 1. The van der Waals surface area contributed by atoms with E-state index in [9.17, 15) is 33.6 Å². The average molecular weight is 946 g/mol. The number of hydrogen-bond acceptors (Lipinski definition) is 12. The maximum absolute atomic E-state index is 13.4. The van der Waals surface area contributed by atoms with Crippen LogP contribution in [0.5, 0.6) is 0 Å². The van der Waals surface area contributed by atoms with Gasteiger partial charge < -0.3 is 20.0 Å². The summed E-state index contributed by atoms with van der Waals surface area (Å²) >= 11 is 1.51. The Bertz CT molecular complexity index is 2320. The van der Waals surface area contributed by atoms with E-state index in [2.05, 4.69) is 25.4 Å². The molecule has 1 atom stereocenters. The van der Waals surface area contributed by atoms with Crippen LogP contribution in [0, 0.1) is 5.92 Å². The molecule has 4 fully saturated rings. The molecule has 2 N–H and O–H groups in total. The number of nitrogens with zero attached hydrogens (tertiary/aromatic N) is 7. The molecule has 3 aromatic rings. The van der Waals surface area contributed by atoms with Gasteiger partial charge in [-0.1, -0.05) is 31.4 Å².